The van der Waals surface area contributed by atoms with Gasteiger partial charge in [0.1, 0.15) is 6.17 Å². The van der Waals surface area contributed by atoms with Crippen LogP contribution in [0.2, 0.25) is 0 Å². The molecule has 0 heterocycles. The summed E-state index contributed by atoms with van der Waals surface area (Å²) in [6.07, 6.45) is 1.70. The Morgan fingerprint density at radius 1 is 1.24 bits per heavy atom. The first-order valence-electron chi connectivity index (χ1n) is 5.86. The molecule has 17 heavy (non-hydrogen) atoms. The minimum atomic E-state index is -1.33. The number of alkyl halides is 1. The van der Waals surface area contributed by atoms with E-state index in [4.69, 9.17) is 5.73 Å². The number of nitrogens with two attached hydrogens (primary N) is 1. The summed E-state index contributed by atoms with van der Waals surface area (Å²) in [4.78, 5) is 0. The Kier molecular flexibility index (Phi) is 3.17. The summed E-state index contributed by atoms with van der Waals surface area (Å²) in [5.41, 5.74) is 5.52. The van der Waals surface area contributed by atoms with Crippen LogP contribution in [0.3, 0.4) is 0 Å². The van der Waals surface area contributed by atoms with Gasteiger partial charge in [0.25, 0.3) is 0 Å². The number of hydrogen-bond acceptors (Lipinski definition) is 1. The molecule has 1 nitrogen and oxygen atoms in total. The molecule has 2 rings (SSSR count). The zero-order valence-electron chi connectivity index (χ0n) is 9.77. The van der Waals surface area contributed by atoms with Crippen LogP contribution < -0.4 is 5.73 Å². The van der Waals surface area contributed by atoms with Gasteiger partial charge in [-0.1, -0.05) is 12.8 Å². The molecule has 0 radical (unpaired) electrons. The number of rotatable bonds is 2. The van der Waals surface area contributed by atoms with Gasteiger partial charge in [-0.3, -0.25) is 0 Å². The number of hydrogen-bond donors (Lipinski definition) is 1. The third-order valence-corrected chi connectivity index (χ3v) is 3.54. The molecular formula is C13H16F3N. The fourth-order valence-corrected chi connectivity index (χ4v) is 2.48. The standard InChI is InChI=1S/C13H16F3N/c1-8(14)9-6-10(12(16)11(15)7-9)13(17)4-2-3-5-13/h6-8H,2-5,17H2,1H3. The van der Waals surface area contributed by atoms with Crippen molar-refractivity contribution in [1.29, 1.82) is 0 Å². The Bertz CT molecular complexity index is 423. The molecule has 1 aliphatic rings. The second kappa shape index (κ2) is 4.33. The monoisotopic (exact) mass is 243 g/mol. The van der Waals surface area contributed by atoms with Gasteiger partial charge in [0.05, 0.1) is 0 Å². The number of benzene rings is 1. The maximum absolute atomic E-state index is 13.8. The molecule has 4 heteroatoms. The zero-order valence-corrected chi connectivity index (χ0v) is 9.77. The highest BCUT2D eigenvalue weighted by molar-refractivity contribution is 5.33. The Morgan fingerprint density at radius 2 is 1.82 bits per heavy atom. The fourth-order valence-electron chi connectivity index (χ4n) is 2.48. The van der Waals surface area contributed by atoms with Gasteiger partial charge in [0, 0.05) is 11.1 Å². The van der Waals surface area contributed by atoms with Crippen LogP contribution in [0.15, 0.2) is 12.1 Å². The smallest absolute Gasteiger partial charge is 0.163 e. The predicted molar refractivity (Wildman–Crippen MR) is 60.2 cm³/mol. The molecule has 1 aromatic rings. The molecule has 94 valence electrons. The molecule has 1 unspecified atom stereocenters. The second-order valence-electron chi connectivity index (χ2n) is 4.84. The lowest BCUT2D eigenvalue weighted by Crippen LogP contribution is -2.34. The van der Waals surface area contributed by atoms with Gasteiger partial charge in [0.2, 0.25) is 0 Å². The predicted octanol–water partition coefficient (Wildman–Crippen LogP) is 3.72. The van der Waals surface area contributed by atoms with Gasteiger partial charge in [0.15, 0.2) is 11.6 Å². The molecule has 1 saturated carbocycles. The molecule has 1 fully saturated rings. The summed E-state index contributed by atoms with van der Waals surface area (Å²) in [5, 5.41) is 0. The third-order valence-electron chi connectivity index (χ3n) is 3.54. The lowest BCUT2D eigenvalue weighted by atomic mass is 9.87. The first kappa shape index (κ1) is 12.4. The minimum Gasteiger partial charge on any atom is -0.321 e. The topological polar surface area (TPSA) is 26.0 Å². The van der Waals surface area contributed by atoms with Crippen molar-refractivity contribution in [3.05, 3.63) is 34.9 Å². The summed E-state index contributed by atoms with van der Waals surface area (Å²) in [6.45, 7) is 1.30. The van der Waals surface area contributed by atoms with E-state index in [9.17, 15) is 13.2 Å². The highest BCUT2D eigenvalue weighted by Crippen LogP contribution is 2.39. The van der Waals surface area contributed by atoms with Crippen molar-refractivity contribution in [2.45, 2.75) is 44.3 Å². The van der Waals surface area contributed by atoms with Gasteiger partial charge in [-0.2, -0.15) is 0 Å². The highest BCUT2D eigenvalue weighted by atomic mass is 19.2. The molecule has 0 amide bonds. The SMILES string of the molecule is CC(F)c1cc(F)c(F)c(C2(N)CCCC2)c1. The van der Waals surface area contributed by atoms with E-state index in [-0.39, 0.29) is 11.1 Å². The number of halogens is 3. The molecule has 1 atom stereocenters. The fraction of sp³-hybridized carbons (Fsp3) is 0.538. The maximum atomic E-state index is 13.8. The van der Waals surface area contributed by atoms with Crippen molar-refractivity contribution in [3.63, 3.8) is 0 Å². The van der Waals surface area contributed by atoms with Crippen molar-refractivity contribution in [1.82, 2.24) is 0 Å². The quantitative estimate of drug-likeness (QED) is 0.841. The van der Waals surface area contributed by atoms with Crippen LogP contribution >= 0.6 is 0 Å². The van der Waals surface area contributed by atoms with E-state index in [0.717, 1.165) is 18.9 Å². The van der Waals surface area contributed by atoms with Crippen LogP contribution in [-0.4, -0.2) is 0 Å². The summed E-state index contributed by atoms with van der Waals surface area (Å²) in [7, 11) is 0. The van der Waals surface area contributed by atoms with Gasteiger partial charge in [-0.25, -0.2) is 13.2 Å². The Morgan fingerprint density at radius 3 is 2.35 bits per heavy atom. The first-order chi connectivity index (χ1) is 7.94. The average Bonchev–Trinajstić information content (AvgIpc) is 2.69. The van der Waals surface area contributed by atoms with Gasteiger partial charge in [-0.15, -0.1) is 0 Å². The molecule has 2 N–H and O–H groups in total. The van der Waals surface area contributed by atoms with Gasteiger partial charge < -0.3 is 5.73 Å². The Balaban J connectivity index is 2.52. The average molecular weight is 243 g/mol. The minimum absolute atomic E-state index is 0.120. The summed E-state index contributed by atoms with van der Waals surface area (Å²) in [5.74, 6) is -1.95. The van der Waals surface area contributed by atoms with Crippen LogP contribution in [0.5, 0.6) is 0 Å². The van der Waals surface area contributed by atoms with E-state index in [0.29, 0.717) is 12.8 Å². The van der Waals surface area contributed by atoms with Crippen LogP contribution in [0, 0.1) is 11.6 Å². The van der Waals surface area contributed by atoms with Gasteiger partial charge >= 0.3 is 0 Å². The molecule has 0 aromatic heterocycles. The van der Waals surface area contributed by atoms with E-state index >= 15 is 0 Å². The molecule has 0 aliphatic heterocycles. The van der Waals surface area contributed by atoms with Crippen molar-refractivity contribution >= 4 is 0 Å². The summed E-state index contributed by atoms with van der Waals surface area (Å²) < 4.78 is 40.4. The van der Waals surface area contributed by atoms with Crippen LogP contribution in [0.1, 0.15) is 49.9 Å². The molecule has 0 saturated heterocycles. The summed E-state index contributed by atoms with van der Waals surface area (Å²) >= 11 is 0. The van der Waals surface area contributed by atoms with Crippen molar-refractivity contribution < 1.29 is 13.2 Å². The lowest BCUT2D eigenvalue weighted by molar-refractivity contribution is 0.365. The van der Waals surface area contributed by atoms with Crippen molar-refractivity contribution in [3.8, 4) is 0 Å². The molecule has 1 aliphatic carbocycles. The molecule has 0 spiro atoms. The molecule has 0 bridgehead atoms. The van der Waals surface area contributed by atoms with E-state index in [1.807, 2.05) is 0 Å². The maximum Gasteiger partial charge on any atom is 0.163 e. The van der Waals surface area contributed by atoms with E-state index < -0.39 is 23.3 Å². The first-order valence-corrected chi connectivity index (χ1v) is 5.86. The van der Waals surface area contributed by atoms with Crippen molar-refractivity contribution in [2.24, 2.45) is 5.73 Å². The van der Waals surface area contributed by atoms with Gasteiger partial charge in [-0.05, 0) is 37.5 Å². The third kappa shape index (κ3) is 2.18. The Labute approximate surface area is 98.8 Å². The van der Waals surface area contributed by atoms with Crippen LogP contribution in [0.25, 0.3) is 0 Å². The second-order valence-corrected chi connectivity index (χ2v) is 4.84. The lowest BCUT2D eigenvalue weighted by Gasteiger charge is -2.25. The van der Waals surface area contributed by atoms with E-state index in [2.05, 4.69) is 0 Å². The van der Waals surface area contributed by atoms with E-state index in [1.165, 1.54) is 13.0 Å². The van der Waals surface area contributed by atoms with Crippen molar-refractivity contribution in [2.75, 3.05) is 0 Å². The highest BCUT2D eigenvalue weighted by Gasteiger charge is 2.35. The molecular weight excluding hydrogens is 227 g/mol. The molecule has 1 aromatic carbocycles. The zero-order chi connectivity index (χ0) is 12.6. The van der Waals surface area contributed by atoms with Crippen LogP contribution in [0.4, 0.5) is 13.2 Å². The van der Waals surface area contributed by atoms with E-state index in [1.54, 1.807) is 0 Å². The largest absolute Gasteiger partial charge is 0.321 e. The normalized spacial score (nSPS) is 20.5. The summed E-state index contributed by atoms with van der Waals surface area (Å²) in [6, 6.07) is 2.27. The van der Waals surface area contributed by atoms with Crippen LogP contribution in [-0.2, 0) is 5.54 Å². The Hall–Kier alpha value is -1.03.